The van der Waals surface area contributed by atoms with Crippen LogP contribution in [0.15, 0.2) is 24.5 Å². The van der Waals surface area contributed by atoms with E-state index in [1.165, 1.54) is 10.6 Å². The topological polar surface area (TPSA) is 70.6 Å². The summed E-state index contributed by atoms with van der Waals surface area (Å²) in [5, 5.41) is 0. The molecule has 128 valence electrons. The summed E-state index contributed by atoms with van der Waals surface area (Å²) in [6.45, 7) is 4.23. The predicted molar refractivity (Wildman–Crippen MR) is 89.3 cm³/mol. The van der Waals surface area contributed by atoms with Gasteiger partial charge in [-0.1, -0.05) is 0 Å². The lowest BCUT2D eigenvalue weighted by Crippen LogP contribution is -2.44. The number of nitrogens with zero attached hydrogens (tertiary/aromatic N) is 3. The first-order valence-corrected chi connectivity index (χ1v) is 9.89. The molecule has 2 rings (SSSR count). The smallest absolute Gasteiger partial charge is 0.225 e. The Kier molecular flexibility index (Phi) is 6.12. The lowest BCUT2D eigenvalue weighted by Gasteiger charge is -2.32. The molecule has 1 aliphatic heterocycles. The van der Waals surface area contributed by atoms with Crippen molar-refractivity contribution in [3.63, 3.8) is 0 Å². The highest BCUT2D eigenvalue weighted by Gasteiger charge is 2.30. The van der Waals surface area contributed by atoms with Gasteiger partial charge in [-0.15, -0.1) is 0 Å². The number of pyridine rings is 1. The molecule has 1 aromatic heterocycles. The van der Waals surface area contributed by atoms with Gasteiger partial charge in [0.2, 0.25) is 15.9 Å². The Morgan fingerprint density at radius 2 is 1.91 bits per heavy atom. The van der Waals surface area contributed by atoms with Crippen molar-refractivity contribution in [2.24, 2.45) is 5.92 Å². The van der Waals surface area contributed by atoms with E-state index in [0.717, 1.165) is 12.0 Å². The highest BCUT2D eigenvalue weighted by molar-refractivity contribution is 7.88. The second kappa shape index (κ2) is 7.88. The summed E-state index contributed by atoms with van der Waals surface area (Å²) in [6.07, 6.45) is 6.77. The third kappa shape index (κ3) is 5.00. The molecule has 0 atom stereocenters. The molecule has 0 spiro atoms. The first-order valence-electron chi connectivity index (χ1n) is 8.04. The molecular weight excluding hydrogens is 314 g/mol. The maximum absolute atomic E-state index is 12.7. The number of carbonyl (C=O) groups is 1. The molecule has 1 amide bonds. The molecule has 0 bridgehead atoms. The van der Waals surface area contributed by atoms with Crippen LogP contribution in [0, 0.1) is 5.92 Å². The lowest BCUT2D eigenvalue weighted by molar-refractivity contribution is -0.136. The van der Waals surface area contributed by atoms with Gasteiger partial charge in [-0.25, -0.2) is 12.7 Å². The zero-order chi connectivity index (χ0) is 16.9. The Bertz CT molecular complexity index is 611. The summed E-state index contributed by atoms with van der Waals surface area (Å²) in [5.41, 5.74) is 1.16. The van der Waals surface area contributed by atoms with Gasteiger partial charge in [0, 0.05) is 44.5 Å². The molecule has 23 heavy (non-hydrogen) atoms. The van der Waals surface area contributed by atoms with Crippen LogP contribution in [0.3, 0.4) is 0 Å². The Hall–Kier alpha value is -1.47. The fraction of sp³-hybridized carbons (Fsp3) is 0.625. The summed E-state index contributed by atoms with van der Waals surface area (Å²) in [6, 6.07) is 3.92. The van der Waals surface area contributed by atoms with Crippen LogP contribution >= 0.6 is 0 Å². The van der Waals surface area contributed by atoms with Gasteiger partial charge in [-0.2, -0.15) is 0 Å². The van der Waals surface area contributed by atoms with Crippen LogP contribution in [-0.2, 0) is 21.2 Å². The van der Waals surface area contributed by atoms with Gasteiger partial charge in [-0.05, 0) is 43.9 Å². The highest BCUT2D eigenvalue weighted by atomic mass is 32.2. The van der Waals surface area contributed by atoms with Crippen molar-refractivity contribution in [1.29, 1.82) is 0 Å². The van der Waals surface area contributed by atoms with Crippen LogP contribution in [0.1, 0.15) is 25.3 Å². The van der Waals surface area contributed by atoms with Crippen molar-refractivity contribution in [3.8, 4) is 0 Å². The molecule has 1 saturated heterocycles. The van der Waals surface area contributed by atoms with Crippen LogP contribution in [-0.4, -0.2) is 60.9 Å². The molecule has 0 radical (unpaired) electrons. The molecule has 0 aromatic carbocycles. The summed E-state index contributed by atoms with van der Waals surface area (Å²) >= 11 is 0. The monoisotopic (exact) mass is 339 g/mol. The number of hydrogen-bond donors (Lipinski definition) is 0. The Morgan fingerprint density at radius 3 is 2.43 bits per heavy atom. The van der Waals surface area contributed by atoms with Crippen LogP contribution in [0.5, 0.6) is 0 Å². The molecule has 7 heteroatoms. The largest absolute Gasteiger partial charge is 0.342 e. The maximum atomic E-state index is 12.7. The van der Waals surface area contributed by atoms with Crippen molar-refractivity contribution in [3.05, 3.63) is 30.1 Å². The Balaban J connectivity index is 1.88. The van der Waals surface area contributed by atoms with Gasteiger partial charge >= 0.3 is 0 Å². The maximum Gasteiger partial charge on any atom is 0.225 e. The highest BCUT2D eigenvalue weighted by Crippen LogP contribution is 2.21. The number of sulfonamides is 1. The molecule has 1 aromatic rings. The predicted octanol–water partition coefficient (Wildman–Crippen LogP) is 1.14. The van der Waals surface area contributed by atoms with E-state index in [2.05, 4.69) is 4.98 Å². The van der Waals surface area contributed by atoms with Crippen molar-refractivity contribution in [2.45, 2.75) is 26.2 Å². The molecule has 0 N–H and O–H groups in total. The summed E-state index contributed by atoms with van der Waals surface area (Å²) < 4.78 is 24.5. The summed E-state index contributed by atoms with van der Waals surface area (Å²) in [5.74, 6) is 0.0834. The van der Waals surface area contributed by atoms with Crippen LogP contribution < -0.4 is 0 Å². The molecular formula is C16H25N3O3S. The minimum atomic E-state index is -3.14. The molecule has 2 heterocycles. The van der Waals surface area contributed by atoms with E-state index in [4.69, 9.17) is 0 Å². The van der Waals surface area contributed by atoms with E-state index >= 15 is 0 Å². The first-order chi connectivity index (χ1) is 10.9. The number of carbonyl (C=O) groups excluding carboxylic acids is 1. The van der Waals surface area contributed by atoms with E-state index in [9.17, 15) is 13.2 Å². The van der Waals surface area contributed by atoms with E-state index in [0.29, 0.717) is 39.0 Å². The van der Waals surface area contributed by atoms with Gasteiger partial charge in [0.1, 0.15) is 0 Å². The third-order valence-electron chi connectivity index (χ3n) is 4.39. The minimum Gasteiger partial charge on any atom is -0.342 e. The standard InChI is InChI=1S/C16H25N3O3S/c1-3-18(11-6-14-4-9-17-10-5-14)16(20)15-7-12-19(13-8-15)23(2,21)22/h4-5,9-10,15H,3,6-8,11-13H2,1-2H3. The average Bonchev–Trinajstić information content (AvgIpc) is 2.55. The Labute approximate surface area is 138 Å². The van der Waals surface area contributed by atoms with Crippen molar-refractivity contribution >= 4 is 15.9 Å². The zero-order valence-electron chi connectivity index (χ0n) is 13.8. The van der Waals surface area contributed by atoms with Crippen LogP contribution in [0.25, 0.3) is 0 Å². The van der Waals surface area contributed by atoms with E-state index in [-0.39, 0.29) is 11.8 Å². The van der Waals surface area contributed by atoms with Gasteiger partial charge in [0.05, 0.1) is 6.26 Å². The van der Waals surface area contributed by atoms with Crippen LogP contribution in [0.2, 0.25) is 0 Å². The third-order valence-corrected chi connectivity index (χ3v) is 5.69. The lowest BCUT2D eigenvalue weighted by atomic mass is 9.96. The minimum absolute atomic E-state index is 0.0645. The number of piperidine rings is 1. The van der Waals surface area contributed by atoms with Crippen molar-refractivity contribution < 1.29 is 13.2 Å². The van der Waals surface area contributed by atoms with Crippen LogP contribution in [0.4, 0.5) is 0 Å². The quantitative estimate of drug-likeness (QED) is 0.779. The zero-order valence-corrected chi connectivity index (χ0v) is 14.6. The van der Waals surface area contributed by atoms with Gasteiger partial charge in [0.25, 0.3) is 0 Å². The summed E-state index contributed by atoms with van der Waals surface area (Å²) in [7, 11) is -3.14. The number of aromatic nitrogens is 1. The van der Waals surface area contributed by atoms with Crippen molar-refractivity contribution in [1.82, 2.24) is 14.2 Å². The van der Waals surface area contributed by atoms with E-state index < -0.39 is 10.0 Å². The van der Waals surface area contributed by atoms with Crippen molar-refractivity contribution in [2.75, 3.05) is 32.4 Å². The Morgan fingerprint density at radius 1 is 1.30 bits per heavy atom. The second-order valence-corrected chi connectivity index (χ2v) is 7.94. The molecule has 0 unspecified atom stereocenters. The fourth-order valence-electron chi connectivity index (χ4n) is 2.93. The normalized spacial score (nSPS) is 17.1. The van der Waals surface area contributed by atoms with E-state index in [1.54, 1.807) is 12.4 Å². The number of rotatable bonds is 6. The van der Waals surface area contributed by atoms with E-state index in [1.807, 2.05) is 24.0 Å². The second-order valence-electron chi connectivity index (χ2n) is 5.96. The van der Waals surface area contributed by atoms with Gasteiger partial charge in [-0.3, -0.25) is 9.78 Å². The number of hydrogen-bond acceptors (Lipinski definition) is 4. The molecule has 1 fully saturated rings. The SMILES string of the molecule is CCN(CCc1ccncc1)C(=O)C1CCN(S(C)(=O)=O)CC1. The summed E-state index contributed by atoms with van der Waals surface area (Å²) in [4.78, 5) is 18.5. The van der Waals surface area contributed by atoms with Gasteiger partial charge < -0.3 is 4.90 Å². The molecule has 0 aliphatic carbocycles. The molecule has 1 aliphatic rings. The molecule has 0 saturated carbocycles. The fourth-order valence-corrected chi connectivity index (χ4v) is 3.80. The molecule has 6 nitrogen and oxygen atoms in total. The first kappa shape index (κ1) is 17.9. The number of likely N-dealkylation sites (N-methyl/N-ethyl adjacent to an activating group) is 1. The van der Waals surface area contributed by atoms with Gasteiger partial charge in [0.15, 0.2) is 0 Å². The average molecular weight is 339 g/mol. The number of amides is 1.